The maximum absolute atomic E-state index is 11.3. The lowest BCUT2D eigenvalue weighted by molar-refractivity contribution is -0.0256. The highest BCUT2D eigenvalue weighted by Crippen LogP contribution is 2.36. The minimum absolute atomic E-state index is 0.0691. The molecular weight excluding hydrogens is 304 g/mol. The fourth-order valence-corrected chi connectivity index (χ4v) is 3.70. The predicted molar refractivity (Wildman–Crippen MR) is 92.0 cm³/mol. The highest BCUT2D eigenvalue weighted by Gasteiger charge is 2.40. The number of likely N-dealkylation sites (tertiary alicyclic amines) is 1. The summed E-state index contributed by atoms with van der Waals surface area (Å²) < 4.78 is 10.5. The quantitative estimate of drug-likeness (QED) is 0.912. The normalized spacial score (nSPS) is 21.0. The molecule has 0 aliphatic carbocycles. The number of benzene rings is 1. The Morgan fingerprint density at radius 2 is 2.04 bits per heavy atom. The van der Waals surface area contributed by atoms with Crippen molar-refractivity contribution in [2.45, 2.75) is 51.8 Å². The minimum atomic E-state index is -0.915. The third-order valence-corrected chi connectivity index (χ3v) is 5.23. The average molecular weight is 330 g/mol. The van der Waals surface area contributed by atoms with Gasteiger partial charge in [0.05, 0.1) is 12.8 Å². The van der Waals surface area contributed by atoms with Crippen LogP contribution in [0.1, 0.15) is 42.3 Å². The van der Waals surface area contributed by atoms with Crippen LogP contribution in [-0.2, 0) is 12.1 Å². The summed E-state index contributed by atoms with van der Waals surface area (Å²) in [4.78, 5) is 2.34. The lowest BCUT2D eigenvalue weighted by Crippen LogP contribution is -2.45. The van der Waals surface area contributed by atoms with E-state index in [9.17, 15) is 5.11 Å². The van der Waals surface area contributed by atoms with Crippen LogP contribution in [0.3, 0.4) is 0 Å². The zero-order valence-corrected chi connectivity index (χ0v) is 14.9. The summed E-state index contributed by atoms with van der Waals surface area (Å²) >= 11 is 0. The number of nitrogens with zero attached hydrogens (tertiary/aromatic N) is 2. The number of ether oxygens (including phenoxy) is 1. The molecule has 0 unspecified atom stereocenters. The third kappa shape index (κ3) is 3.06. The van der Waals surface area contributed by atoms with Crippen molar-refractivity contribution in [1.82, 2.24) is 10.1 Å². The number of rotatable bonds is 5. The van der Waals surface area contributed by atoms with Gasteiger partial charge in [-0.05, 0) is 57.9 Å². The average Bonchev–Trinajstić information content (AvgIpc) is 3.17. The summed E-state index contributed by atoms with van der Waals surface area (Å²) in [6.07, 6.45) is 2.06. The molecule has 1 aromatic heterocycles. The van der Waals surface area contributed by atoms with Crippen molar-refractivity contribution >= 4 is 0 Å². The number of aliphatic hydroxyl groups is 1. The summed E-state index contributed by atoms with van der Waals surface area (Å²) in [7, 11) is 1.65. The first-order valence-electron chi connectivity index (χ1n) is 8.46. The van der Waals surface area contributed by atoms with Crippen LogP contribution < -0.4 is 4.74 Å². The van der Waals surface area contributed by atoms with Gasteiger partial charge in [0.2, 0.25) is 0 Å². The maximum atomic E-state index is 11.3. The van der Waals surface area contributed by atoms with Gasteiger partial charge in [-0.1, -0.05) is 17.3 Å². The van der Waals surface area contributed by atoms with Crippen LogP contribution in [0.15, 0.2) is 28.8 Å². The Morgan fingerprint density at radius 3 is 2.62 bits per heavy atom. The van der Waals surface area contributed by atoms with Gasteiger partial charge in [0.1, 0.15) is 17.1 Å². The van der Waals surface area contributed by atoms with Crippen molar-refractivity contribution in [3.8, 4) is 5.75 Å². The van der Waals surface area contributed by atoms with E-state index in [1.165, 1.54) is 0 Å². The van der Waals surface area contributed by atoms with Gasteiger partial charge in [0.25, 0.3) is 0 Å². The fourth-order valence-electron chi connectivity index (χ4n) is 3.70. The van der Waals surface area contributed by atoms with E-state index in [4.69, 9.17) is 9.26 Å². The molecule has 1 aromatic carbocycles. The first-order valence-corrected chi connectivity index (χ1v) is 8.46. The molecule has 130 valence electrons. The van der Waals surface area contributed by atoms with Crippen molar-refractivity contribution in [1.29, 1.82) is 0 Å². The molecule has 1 aliphatic heterocycles. The smallest absolute Gasteiger partial charge is 0.138 e. The first-order chi connectivity index (χ1) is 11.4. The van der Waals surface area contributed by atoms with E-state index in [2.05, 4.69) is 10.1 Å². The van der Waals surface area contributed by atoms with Crippen molar-refractivity contribution < 1.29 is 14.4 Å². The van der Waals surface area contributed by atoms with E-state index in [0.29, 0.717) is 0 Å². The summed E-state index contributed by atoms with van der Waals surface area (Å²) in [5.74, 6) is 1.66. The van der Waals surface area contributed by atoms with E-state index in [-0.39, 0.29) is 6.04 Å². The van der Waals surface area contributed by atoms with Crippen LogP contribution in [-0.4, -0.2) is 34.9 Å². The SMILES string of the molecule is COc1ccc([C@@](C)(O)[C@H]2CCCN2Cc2c(C)noc2C)cc1. The van der Waals surface area contributed by atoms with Crippen LogP contribution in [0.5, 0.6) is 5.75 Å². The summed E-state index contributed by atoms with van der Waals surface area (Å²) in [6.45, 7) is 7.56. The molecule has 0 radical (unpaired) electrons. The molecule has 3 rings (SSSR count). The lowest BCUT2D eigenvalue weighted by Gasteiger charge is -2.37. The molecule has 1 saturated heterocycles. The number of aryl methyl sites for hydroxylation is 2. The molecule has 24 heavy (non-hydrogen) atoms. The van der Waals surface area contributed by atoms with Crippen molar-refractivity contribution in [2.75, 3.05) is 13.7 Å². The molecule has 0 amide bonds. The van der Waals surface area contributed by atoms with Crippen LogP contribution in [0, 0.1) is 13.8 Å². The molecular formula is C19H26N2O3. The zero-order valence-electron chi connectivity index (χ0n) is 14.9. The monoisotopic (exact) mass is 330 g/mol. The minimum Gasteiger partial charge on any atom is -0.497 e. The van der Waals surface area contributed by atoms with E-state index in [1.807, 2.05) is 45.0 Å². The molecule has 1 N–H and O–H groups in total. The first kappa shape index (κ1) is 17.0. The predicted octanol–water partition coefficient (Wildman–Crippen LogP) is 3.17. The van der Waals surface area contributed by atoms with E-state index in [0.717, 1.165) is 54.3 Å². The highest BCUT2D eigenvalue weighted by molar-refractivity contribution is 5.32. The van der Waals surface area contributed by atoms with Crippen molar-refractivity contribution in [3.05, 3.63) is 46.8 Å². The van der Waals surface area contributed by atoms with Crippen LogP contribution in [0.4, 0.5) is 0 Å². The van der Waals surface area contributed by atoms with Gasteiger partial charge in [0.15, 0.2) is 0 Å². The number of aromatic nitrogens is 1. The van der Waals surface area contributed by atoms with Crippen LogP contribution in [0.25, 0.3) is 0 Å². The van der Waals surface area contributed by atoms with Gasteiger partial charge < -0.3 is 14.4 Å². The second-order valence-electron chi connectivity index (χ2n) is 6.81. The molecule has 0 spiro atoms. The van der Waals surface area contributed by atoms with E-state index < -0.39 is 5.60 Å². The Bertz CT molecular complexity index is 672. The van der Waals surface area contributed by atoms with Gasteiger partial charge in [-0.15, -0.1) is 0 Å². The summed E-state index contributed by atoms with van der Waals surface area (Å²) in [5.41, 5.74) is 2.07. The highest BCUT2D eigenvalue weighted by atomic mass is 16.5. The number of hydrogen-bond donors (Lipinski definition) is 1. The molecule has 2 aromatic rings. The van der Waals surface area contributed by atoms with Crippen LogP contribution >= 0.6 is 0 Å². The molecule has 5 heteroatoms. The second-order valence-corrected chi connectivity index (χ2v) is 6.81. The second kappa shape index (κ2) is 6.57. The van der Waals surface area contributed by atoms with E-state index in [1.54, 1.807) is 7.11 Å². The Hall–Kier alpha value is -1.85. The van der Waals surface area contributed by atoms with Gasteiger partial charge in [0, 0.05) is 18.2 Å². The maximum Gasteiger partial charge on any atom is 0.138 e. The van der Waals surface area contributed by atoms with Gasteiger partial charge in [-0.25, -0.2) is 0 Å². The largest absolute Gasteiger partial charge is 0.497 e. The van der Waals surface area contributed by atoms with Crippen molar-refractivity contribution in [2.24, 2.45) is 0 Å². The zero-order chi connectivity index (χ0) is 17.3. The third-order valence-electron chi connectivity index (χ3n) is 5.23. The standard InChI is InChI=1S/C19H26N2O3/c1-13-17(14(2)24-20-13)12-21-11-5-6-18(21)19(3,22)15-7-9-16(23-4)10-8-15/h7-10,18,22H,5-6,11-12H2,1-4H3/t18-,19-/m1/s1. The van der Waals surface area contributed by atoms with Crippen LogP contribution in [0.2, 0.25) is 0 Å². The summed E-state index contributed by atoms with van der Waals surface area (Å²) in [5, 5.41) is 15.3. The number of hydrogen-bond acceptors (Lipinski definition) is 5. The Kier molecular flexibility index (Phi) is 4.65. The molecule has 2 heterocycles. The molecule has 2 atom stereocenters. The van der Waals surface area contributed by atoms with Crippen molar-refractivity contribution in [3.63, 3.8) is 0 Å². The Balaban J connectivity index is 1.83. The number of methoxy groups -OCH3 is 1. The summed E-state index contributed by atoms with van der Waals surface area (Å²) in [6, 6.07) is 7.77. The van der Waals surface area contributed by atoms with Gasteiger partial charge >= 0.3 is 0 Å². The molecule has 5 nitrogen and oxygen atoms in total. The molecule has 0 bridgehead atoms. The van der Waals surface area contributed by atoms with E-state index >= 15 is 0 Å². The molecule has 1 aliphatic rings. The molecule has 1 fully saturated rings. The van der Waals surface area contributed by atoms with Gasteiger partial charge in [-0.2, -0.15) is 0 Å². The topological polar surface area (TPSA) is 58.7 Å². The fraction of sp³-hybridized carbons (Fsp3) is 0.526. The molecule has 0 saturated carbocycles. The Morgan fingerprint density at radius 1 is 1.33 bits per heavy atom. The van der Waals surface area contributed by atoms with Gasteiger partial charge in [-0.3, -0.25) is 4.90 Å². The Labute approximate surface area is 143 Å². The lowest BCUT2D eigenvalue weighted by atomic mass is 9.86.